The van der Waals surface area contributed by atoms with Crippen LogP contribution >= 0.6 is 27.3 Å². The van der Waals surface area contributed by atoms with E-state index in [0.29, 0.717) is 11.3 Å². The third kappa shape index (κ3) is 3.34. The summed E-state index contributed by atoms with van der Waals surface area (Å²) in [6, 6.07) is 9.06. The maximum atomic E-state index is 11.8. The van der Waals surface area contributed by atoms with Gasteiger partial charge in [-0.25, -0.2) is 4.79 Å². The Morgan fingerprint density at radius 2 is 2.17 bits per heavy atom. The van der Waals surface area contributed by atoms with Crippen molar-refractivity contribution in [2.24, 2.45) is 0 Å². The van der Waals surface area contributed by atoms with Crippen LogP contribution < -0.4 is 5.73 Å². The van der Waals surface area contributed by atoms with Gasteiger partial charge in [-0.2, -0.15) is 0 Å². The third-order valence-corrected chi connectivity index (χ3v) is 3.91. The van der Waals surface area contributed by atoms with E-state index in [1.165, 1.54) is 0 Å². The molecule has 5 heteroatoms. The number of anilines is 1. The Labute approximate surface area is 118 Å². The molecule has 1 aromatic carbocycles. The number of rotatable bonds is 3. The molecular formula is C13H12BrNO2S. The van der Waals surface area contributed by atoms with Crippen LogP contribution in [0.25, 0.3) is 0 Å². The first-order chi connectivity index (χ1) is 8.54. The fourth-order valence-electron chi connectivity index (χ4n) is 1.58. The molecule has 0 aliphatic rings. The van der Waals surface area contributed by atoms with Crippen molar-refractivity contribution in [1.82, 2.24) is 0 Å². The molecule has 1 heterocycles. The van der Waals surface area contributed by atoms with Crippen LogP contribution in [0.4, 0.5) is 5.69 Å². The minimum atomic E-state index is -0.352. The fraction of sp³-hybridized carbons (Fsp3) is 0.154. The second-order valence-electron chi connectivity index (χ2n) is 3.91. The van der Waals surface area contributed by atoms with E-state index in [1.807, 2.05) is 25.1 Å². The Kier molecular flexibility index (Phi) is 4.04. The number of hydrogen-bond donors (Lipinski definition) is 1. The van der Waals surface area contributed by atoms with Gasteiger partial charge in [0, 0.05) is 10.6 Å². The fourth-order valence-corrected chi connectivity index (χ4v) is 2.98. The summed E-state index contributed by atoms with van der Waals surface area (Å²) in [5.74, 6) is -0.352. The number of aryl methyl sites for hydroxylation is 1. The molecule has 0 amide bonds. The van der Waals surface area contributed by atoms with Crippen LogP contribution in [0, 0.1) is 6.92 Å². The maximum absolute atomic E-state index is 11.8. The van der Waals surface area contributed by atoms with Crippen molar-refractivity contribution in [2.45, 2.75) is 13.5 Å². The summed E-state index contributed by atoms with van der Waals surface area (Å²) >= 11 is 4.91. The van der Waals surface area contributed by atoms with Crippen LogP contribution in [-0.4, -0.2) is 5.97 Å². The van der Waals surface area contributed by atoms with Crippen LogP contribution in [0.1, 0.15) is 20.8 Å². The molecule has 0 saturated carbocycles. The summed E-state index contributed by atoms with van der Waals surface area (Å²) in [5.41, 5.74) is 7.70. The summed E-state index contributed by atoms with van der Waals surface area (Å²) in [4.78, 5) is 12.8. The van der Waals surface area contributed by atoms with Gasteiger partial charge in [0.25, 0.3) is 0 Å². The van der Waals surface area contributed by atoms with Gasteiger partial charge in [-0.3, -0.25) is 0 Å². The molecule has 0 unspecified atom stereocenters. The van der Waals surface area contributed by atoms with E-state index in [2.05, 4.69) is 15.9 Å². The molecule has 0 spiro atoms. The van der Waals surface area contributed by atoms with E-state index in [9.17, 15) is 4.79 Å². The molecule has 3 nitrogen and oxygen atoms in total. The summed E-state index contributed by atoms with van der Waals surface area (Å²) in [6.07, 6.45) is 0. The summed E-state index contributed by atoms with van der Waals surface area (Å²) in [7, 11) is 0. The summed E-state index contributed by atoms with van der Waals surface area (Å²) < 4.78 is 6.25. The van der Waals surface area contributed by atoms with Gasteiger partial charge in [0.05, 0.1) is 9.35 Å². The van der Waals surface area contributed by atoms with Gasteiger partial charge in [0.2, 0.25) is 0 Å². The number of ether oxygens (including phenoxy) is 1. The average molecular weight is 326 g/mol. The standard InChI is InChI=1S/C13H12BrNO2S/c1-8-4-9(6-10(15)5-8)13(16)17-7-11-2-3-12(14)18-11/h2-6H,7,15H2,1H3. The van der Waals surface area contributed by atoms with Gasteiger partial charge >= 0.3 is 5.97 Å². The van der Waals surface area contributed by atoms with Crippen molar-refractivity contribution in [3.05, 3.63) is 50.1 Å². The number of nitrogen functional groups attached to an aromatic ring is 1. The van der Waals surface area contributed by atoms with Crippen LogP contribution in [0.15, 0.2) is 34.1 Å². The predicted molar refractivity (Wildman–Crippen MR) is 76.7 cm³/mol. The van der Waals surface area contributed by atoms with E-state index in [-0.39, 0.29) is 12.6 Å². The highest BCUT2D eigenvalue weighted by Crippen LogP contribution is 2.23. The molecule has 2 aromatic rings. The summed E-state index contributed by atoms with van der Waals surface area (Å²) in [6.45, 7) is 2.17. The van der Waals surface area contributed by atoms with E-state index in [0.717, 1.165) is 14.2 Å². The SMILES string of the molecule is Cc1cc(N)cc(C(=O)OCc2ccc(Br)s2)c1. The largest absolute Gasteiger partial charge is 0.456 e. The number of benzene rings is 1. The third-order valence-electron chi connectivity index (χ3n) is 2.31. The molecule has 0 aliphatic heterocycles. The van der Waals surface area contributed by atoms with Crippen LogP contribution in [0.2, 0.25) is 0 Å². The van der Waals surface area contributed by atoms with Crippen LogP contribution in [0.3, 0.4) is 0 Å². The number of carbonyl (C=O) groups is 1. The smallest absolute Gasteiger partial charge is 0.338 e. The van der Waals surface area contributed by atoms with Crippen molar-refractivity contribution in [3.8, 4) is 0 Å². The molecular weight excluding hydrogens is 314 g/mol. The minimum Gasteiger partial charge on any atom is -0.456 e. The lowest BCUT2D eigenvalue weighted by Gasteiger charge is -2.05. The second-order valence-corrected chi connectivity index (χ2v) is 6.46. The average Bonchev–Trinajstić information content (AvgIpc) is 2.70. The molecule has 0 saturated heterocycles. The van der Waals surface area contributed by atoms with Gasteiger partial charge in [0.1, 0.15) is 6.61 Å². The Bertz CT molecular complexity index is 560. The predicted octanol–water partition coefficient (Wildman–Crippen LogP) is 3.76. The molecule has 2 N–H and O–H groups in total. The Hall–Kier alpha value is -1.33. The molecule has 2 rings (SSSR count). The zero-order chi connectivity index (χ0) is 13.1. The number of esters is 1. The van der Waals surface area contributed by atoms with Crippen molar-refractivity contribution >= 4 is 38.9 Å². The quantitative estimate of drug-likeness (QED) is 0.690. The van der Waals surface area contributed by atoms with Gasteiger partial charge in [-0.15, -0.1) is 11.3 Å². The molecule has 94 valence electrons. The van der Waals surface area contributed by atoms with Gasteiger partial charge < -0.3 is 10.5 Å². The maximum Gasteiger partial charge on any atom is 0.338 e. The van der Waals surface area contributed by atoms with Crippen molar-refractivity contribution in [2.75, 3.05) is 5.73 Å². The van der Waals surface area contributed by atoms with Crippen LogP contribution in [-0.2, 0) is 11.3 Å². The van der Waals surface area contributed by atoms with Gasteiger partial charge in [0.15, 0.2) is 0 Å². The molecule has 0 fully saturated rings. The molecule has 0 atom stereocenters. The van der Waals surface area contributed by atoms with Crippen LogP contribution in [0.5, 0.6) is 0 Å². The second kappa shape index (κ2) is 5.54. The van der Waals surface area contributed by atoms with E-state index < -0.39 is 0 Å². The minimum absolute atomic E-state index is 0.281. The Morgan fingerprint density at radius 3 is 2.78 bits per heavy atom. The van der Waals surface area contributed by atoms with Crippen molar-refractivity contribution < 1.29 is 9.53 Å². The Morgan fingerprint density at radius 1 is 1.39 bits per heavy atom. The number of nitrogens with two attached hydrogens (primary N) is 1. The first-order valence-electron chi connectivity index (χ1n) is 5.33. The topological polar surface area (TPSA) is 52.3 Å². The first kappa shape index (κ1) is 13.1. The lowest BCUT2D eigenvalue weighted by atomic mass is 10.1. The number of carbonyl (C=O) groups excluding carboxylic acids is 1. The number of thiophene rings is 1. The lowest BCUT2D eigenvalue weighted by molar-refractivity contribution is 0.0477. The number of halogens is 1. The van der Waals surface area contributed by atoms with Crippen molar-refractivity contribution in [1.29, 1.82) is 0 Å². The monoisotopic (exact) mass is 325 g/mol. The van der Waals surface area contributed by atoms with E-state index in [4.69, 9.17) is 10.5 Å². The number of hydrogen-bond acceptors (Lipinski definition) is 4. The molecule has 18 heavy (non-hydrogen) atoms. The van der Waals surface area contributed by atoms with Crippen molar-refractivity contribution in [3.63, 3.8) is 0 Å². The highest BCUT2D eigenvalue weighted by Gasteiger charge is 2.09. The van der Waals surface area contributed by atoms with E-state index >= 15 is 0 Å². The zero-order valence-corrected chi connectivity index (χ0v) is 12.2. The molecule has 1 aromatic heterocycles. The highest BCUT2D eigenvalue weighted by molar-refractivity contribution is 9.11. The normalized spacial score (nSPS) is 10.3. The zero-order valence-electron chi connectivity index (χ0n) is 9.77. The molecule has 0 aliphatic carbocycles. The van der Waals surface area contributed by atoms with Gasteiger partial charge in [-0.1, -0.05) is 0 Å². The first-order valence-corrected chi connectivity index (χ1v) is 6.94. The highest BCUT2D eigenvalue weighted by atomic mass is 79.9. The van der Waals surface area contributed by atoms with E-state index in [1.54, 1.807) is 23.5 Å². The van der Waals surface area contributed by atoms with Gasteiger partial charge in [-0.05, 0) is 58.7 Å². The molecule has 0 radical (unpaired) electrons. The Balaban J connectivity index is 2.03. The molecule has 0 bridgehead atoms. The summed E-state index contributed by atoms with van der Waals surface area (Å²) in [5, 5.41) is 0. The lowest BCUT2D eigenvalue weighted by Crippen LogP contribution is -2.05.